The molecule has 3 aliphatic rings. The zero-order chi connectivity index (χ0) is 23.7. The van der Waals surface area contributed by atoms with E-state index < -0.39 is 0 Å². The van der Waals surface area contributed by atoms with Gasteiger partial charge in [0.25, 0.3) is 5.56 Å². The number of hydrogen-bond acceptors (Lipinski definition) is 5. The third-order valence-electron chi connectivity index (χ3n) is 5.90. The van der Waals surface area contributed by atoms with Crippen LogP contribution < -0.4 is 10.9 Å². The fraction of sp³-hybridized carbons (Fsp3) is 0.280. The van der Waals surface area contributed by atoms with E-state index in [2.05, 4.69) is 30.9 Å². The smallest absolute Gasteiger partial charge is 0.284 e. The molecule has 0 aromatic heterocycles. The molecule has 3 aliphatic heterocycles. The molecule has 2 aromatic rings. The van der Waals surface area contributed by atoms with Gasteiger partial charge >= 0.3 is 0 Å². The topological polar surface area (TPSA) is 81.8 Å². The minimum atomic E-state index is -0.141. The van der Waals surface area contributed by atoms with Crippen LogP contribution in [0.2, 0.25) is 0 Å². The Morgan fingerprint density at radius 1 is 1.15 bits per heavy atom. The molecule has 9 heteroatoms. The Morgan fingerprint density at radius 2 is 1.97 bits per heavy atom. The molecule has 0 bridgehead atoms. The van der Waals surface area contributed by atoms with E-state index in [1.54, 1.807) is 0 Å². The van der Waals surface area contributed by atoms with E-state index >= 15 is 0 Å². The van der Waals surface area contributed by atoms with Crippen LogP contribution in [0.5, 0.6) is 0 Å². The van der Waals surface area contributed by atoms with Gasteiger partial charge in [-0.25, -0.2) is 4.98 Å². The number of nitrogens with one attached hydrogen (secondary N) is 1. The minimum Gasteiger partial charge on any atom is -0.324 e. The highest BCUT2D eigenvalue weighted by atomic mass is 79.9. The van der Waals surface area contributed by atoms with Gasteiger partial charge in [-0.3, -0.25) is 9.59 Å². The number of aromatic nitrogens is 4. The summed E-state index contributed by atoms with van der Waals surface area (Å²) in [6.45, 7) is 2.78. The van der Waals surface area contributed by atoms with Gasteiger partial charge in [0.05, 0.1) is 17.1 Å². The summed E-state index contributed by atoms with van der Waals surface area (Å²) in [5.74, 6) is 0.534. The van der Waals surface area contributed by atoms with E-state index in [4.69, 9.17) is 4.98 Å². The number of anilines is 1. The van der Waals surface area contributed by atoms with Gasteiger partial charge in [-0.15, -0.1) is 5.10 Å². The lowest BCUT2D eigenvalue weighted by molar-refractivity contribution is -0.113. The zero-order valence-electron chi connectivity index (χ0n) is 18.8. The average molecular weight is 538 g/mol. The van der Waals surface area contributed by atoms with Gasteiger partial charge in [0.1, 0.15) is 5.56 Å². The summed E-state index contributed by atoms with van der Waals surface area (Å²) in [4.78, 5) is 30.8. The molecule has 0 atom stereocenters. The largest absolute Gasteiger partial charge is 0.324 e. The summed E-state index contributed by atoms with van der Waals surface area (Å²) in [6, 6.07) is 15.2. The standard InChI is InChI=1S/C25H24BrN5O2S/c1-16-11-12-19(18(26)14-16)27-21(32)15-34-25-28-23-22(20-10-6-3-7-13-30(20)25)24(33)31(29-23)17-8-4-2-5-9-17/h2,4-5,8-9,11-12,14H,3,6-7,10,13,15H2,1H3,(H,27,32). The number of rotatable bonds is 5. The normalized spacial score (nSPS) is 13.5. The first-order chi connectivity index (χ1) is 16.5. The summed E-state index contributed by atoms with van der Waals surface area (Å²) in [6.07, 6.45) is 3.92. The van der Waals surface area contributed by atoms with Gasteiger partial charge < -0.3 is 9.88 Å². The molecule has 174 valence electrons. The Morgan fingerprint density at radius 3 is 2.76 bits per heavy atom. The highest BCUT2D eigenvalue weighted by Crippen LogP contribution is 2.31. The van der Waals surface area contributed by atoms with Crippen molar-refractivity contribution in [2.75, 3.05) is 11.1 Å². The van der Waals surface area contributed by atoms with Crippen LogP contribution in [0.25, 0.3) is 17.1 Å². The number of aryl methyl sites for hydroxylation is 1. The minimum absolute atomic E-state index is 0.112. The first kappa shape index (κ1) is 22.9. The number of nitrogens with zero attached hydrogens (tertiary/aromatic N) is 4. The molecule has 0 aliphatic carbocycles. The monoisotopic (exact) mass is 537 g/mol. The highest BCUT2D eigenvalue weighted by molar-refractivity contribution is 9.10. The van der Waals surface area contributed by atoms with Crippen molar-refractivity contribution in [3.8, 4) is 17.1 Å². The summed E-state index contributed by atoms with van der Waals surface area (Å²) < 4.78 is 4.40. The number of carbonyl (C=O) groups excluding carboxylic acids is 1. The molecule has 3 heterocycles. The van der Waals surface area contributed by atoms with Crippen LogP contribution in [-0.4, -0.2) is 31.0 Å². The van der Waals surface area contributed by atoms with Crippen LogP contribution in [0.3, 0.4) is 0 Å². The summed E-state index contributed by atoms with van der Waals surface area (Å²) >= 11 is 4.89. The van der Waals surface area contributed by atoms with E-state index in [9.17, 15) is 9.59 Å². The third-order valence-corrected chi connectivity index (χ3v) is 7.53. The molecule has 7 nitrogen and oxygen atoms in total. The molecular formula is C25H24BrN5O2S. The molecule has 1 amide bonds. The Labute approximate surface area is 210 Å². The molecule has 0 unspecified atom stereocenters. The van der Waals surface area contributed by atoms with Crippen molar-refractivity contribution in [2.45, 2.75) is 44.3 Å². The maximum Gasteiger partial charge on any atom is 0.284 e. The summed E-state index contributed by atoms with van der Waals surface area (Å²) in [7, 11) is 0. The second-order valence-corrected chi connectivity index (χ2v) is 10.2. The van der Waals surface area contributed by atoms with Crippen molar-refractivity contribution in [1.29, 1.82) is 0 Å². The lowest BCUT2D eigenvalue weighted by atomic mass is 10.1. The second-order valence-electron chi connectivity index (χ2n) is 8.37. The molecule has 0 fully saturated rings. The van der Waals surface area contributed by atoms with Crippen LogP contribution in [0.15, 0.2) is 63.0 Å². The van der Waals surface area contributed by atoms with Crippen LogP contribution in [0.4, 0.5) is 5.69 Å². The number of carbonyl (C=O) groups is 1. The summed E-state index contributed by atoms with van der Waals surface area (Å²) in [5.41, 5.74) is 3.99. The number of para-hydroxylation sites is 1. The van der Waals surface area contributed by atoms with E-state index in [0.29, 0.717) is 11.4 Å². The molecular weight excluding hydrogens is 514 g/mol. The number of benzene rings is 2. The fourth-order valence-corrected chi connectivity index (χ4v) is 5.68. The van der Waals surface area contributed by atoms with Crippen molar-refractivity contribution >= 4 is 39.3 Å². The predicted octanol–water partition coefficient (Wildman–Crippen LogP) is 5.06. The van der Waals surface area contributed by atoms with Crippen molar-refractivity contribution in [1.82, 2.24) is 19.3 Å². The molecule has 0 spiro atoms. The van der Waals surface area contributed by atoms with Crippen LogP contribution in [-0.2, 0) is 17.8 Å². The number of thioether (sulfide) groups is 1. The van der Waals surface area contributed by atoms with Gasteiger partial charge in [-0.05, 0) is 71.9 Å². The predicted molar refractivity (Wildman–Crippen MR) is 138 cm³/mol. The van der Waals surface area contributed by atoms with Gasteiger partial charge in [0, 0.05) is 16.7 Å². The zero-order valence-corrected chi connectivity index (χ0v) is 21.2. The fourth-order valence-electron chi connectivity index (χ4n) is 4.25. The number of halogens is 1. The maximum absolute atomic E-state index is 13.3. The third kappa shape index (κ3) is 4.54. The van der Waals surface area contributed by atoms with Crippen molar-refractivity contribution in [3.05, 3.63) is 74.6 Å². The Balaban J connectivity index is 1.47. The van der Waals surface area contributed by atoms with Crippen LogP contribution >= 0.6 is 27.7 Å². The quantitative estimate of drug-likeness (QED) is 0.284. The lowest BCUT2D eigenvalue weighted by Crippen LogP contribution is -2.20. The van der Waals surface area contributed by atoms with Crippen molar-refractivity contribution in [3.63, 3.8) is 0 Å². The van der Waals surface area contributed by atoms with Crippen molar-refractivity contribution < 1.29 is 4.79 Å². The number of hydrogen-bond donors (Lipinski definition) is 1. The molecule has 2 aromatic carbocycles. The molecule has 0 saturated carbocycles. The van der Waals surface area contributed by atoms with E-state index in [-0.39, 0.29) is 17.2 Å². The Bertz CT molecular complexity index is 1380. The summed E-state index contributed by atoms with van der Waals surface area (Å²) in [5, 5.41) is 8.24. The second kappa shape index (κ2) is 9.76. The lowest BCUT2D eigenvalue weighted by Gasteiger charge is -2.17. The number of fused-ring (bicyclic) bond motifs is 3. The van der Waals surface area contributed by atoms with Crippen LogP contribution in [0, 0.1) is 6.92 Å². The Hall–Kier alpha value is -2.91. The maximum atomic E-state index is 13.3. The SMILES string of the molecule is Cc1ccc(NC(=O)CSc2nc3nn(-c4ccccc4)c(=O)c-3c3n2CCCCC3)c(Br)c1. The molecule has 1 N–H and O–H groups in total. The molecule has 34 heavy (non-hydrogen) atoms. The number of amides is 1. The van der Waals surface area contributed by atoms with Gasteiger partial charge in [0.15, 0.2) is 11.0 Å². The Kier molecular flexibility index (Phi) is 6.56. The highest BCUT2D eigenvalue weighted by Gasteiger charge is 2.27. The molecule has 0 radical (unpaired) electrons. The van der Waals surface area contributed by atoms with E-state index in [0.717, 1.165) is 64.5 Å². The molecule has 5 rings (SSSR count). The average Bonchev–Trinajstić information content (AvgIpc) is 2.99. The van der Waals surface area contributed by atoms with E-state index in [1.165, 1.54) is 16.4 Å². The first-order valence-electron chi connectivity index (χ1n) is 11.3. The van der Waals surface area contributed by atoms with Gasteiger partial charge in [0.2, 0.25) is 5.91 Å². The first-order valence-corrected chi connectivity index (χ1v) is 13.1. The molecule has 0 saturated heterocycles. The van der Waals surface area contributed by atoms with Gasteiger partial charge in [-0.1, -0.05) is 42.4 Å². The van der Waals surface area contributed by atoms with Crippen molar-refractivity contribution in [2.24, 2.45) is 0 Å². The van der Waals surface area contributed by atoms with Gasteiger partial charge in [-0.2, -0.15) is 4.68 Å². The van der Waals surface area contributed by atoms with Crippen LogP contribution in [0.1, 0.15) is 30.5 Å². The van der Waals surface area contributed by atoms with E-state index in [1.807, 2.05) is 55.5 Å².